The molecule has 0 fully saturated rings. The maximum Gasteiger partial charge on any atom is 0.236 e. The van der Waals surface area contributed by atoms with Gasteiger partial charge in [0.05, 0.1) is 12.4 Å². The number of benzene rings is 1. The Balaban J connectivity index is 2.98. The van der Waals surface area contributed by atoms with Crippen LogP contribution in [-0.2, 0) is 14.8 Å². The van der Waals surface area contributed by atoms with Gasteiger partial charge in [-0.2, -0.15) is 0 Å². The number of hydrogen-bond acceptors (Lipinski definition) is 3. The summed E-state index contributed by atoms with van der Waals surface area (Å²) < 4.78 is 28.3. The summed E-state index contributed by atoms with van der Waals surface area (Å²) >= 11 is 3.28. The van der Waals surface area contributed by atoms with Gasteiger partial charge in [-0.15, -0.1) is 0 Å². The van der Waals surface area contributed by atoms with Crippen LogP contribution < -0.4 is 4.74 Å². The third-order valence-electron chi connectivity index (χ3n) is 1.81. The molecule has 1 aromatic rings. The Bertz CT molecular complexity index is 459. The smallest absolute Gasteiger partial charge is 0.236 e. The molecular formula is C10H12BrClO3S. The van der Waals surface area contributed by atoms with Crippen molar-refractivity contribution in [2.24, 2.45) is 0 Å². The van der Waals surface area contributed by atoms with Gasteiger partial charge in [0.15, 0.2) is 0 Å². The van der Waals surface area contributed by atoms with Crippen LogP contribution in [0.25, 0.3) is 0 Å². The second-order valence-electron chi connectivity index (χ2n) is 3.28. The third-order valence-corrected chi connectivity index (χ3v) is 3.29. The predicted molar refractivity (Wildman–Crippen MR) is 68.4 cm³/mol. The van der Waals surface area contributed by atoms with Crippen LogP contribution in [0.3, 0.4) is 0 Å². The van der Waals surface area contributed by atoms with Crippen LogP contribution >= 0.6 is 26.6 Å². The summed E-state index contributed by atoms with van der Waals surface area (Å²) in [6.45, 7) is 2.54. The Morgan fingerprint density at radius 1 is 1.44 bits per heavy atom. The third kappa shape index (κ3) is 4.72. The molecule has 0 heterocycles. The number of ether oxygens (including phenoxy) is 1. The zero-order valence-electron chi connectivity index (χ0n) is 8.74. The Morgan fingerprint density at radius 2 is 2.12 bits per heavy atom. The predicted octanol–water partition coefficient (Wildman–Crippen LogP) is 3.31. The van der Waals surface area contributed by atoms with Gasteiger partial charge in [0.1, 0.15) is 5.75 Å². The van der Waals surface area contributed by atoms with Gasteiger partial charge in [-0.05, 0) is 24.6 Å². The lowest BCUT2D eigenvalue weighted by Gasteiger charge is -2.10. The van der Waals surface area contributed by atoms with Gasteiger partial charge in [-0.1, -0.05) is 22.9 Å². The van der Waals surface area contributed by atoms with Crippen LogP contribution in [0.15, 0.2) is 22.7 Å². The lowest BCUT2D eigenvalue weighted by Crippen LogP contribution is -2.02. The lowest BCUT2D eigenvalue weighted by molar-refractivity contribution is 0.315. The largest absolute Gasteiger partial charge is 0.493 e. The van der Waals surface area contributed by atoms with E-state index in [0.29, 0.717) is 17.9 Å². The van der Waals surface area contributed by atoms with Crippen molar-refractivity contribution in [3.05, 3.63) is 28.2 Å². The molecule has 1 aromatic carbocycles. The van der Waals surface area contributed by atoms with Gasteiger partial charge < -0.3 is 4.74 Å². The summed E-state index contributed by atoms with van der Waals surface area (Å²) in [6.07, 6.45) is 0.864. The van der Waals surface area contributed by atoms with Crippen LogP contribution in [0, 0.1) is 0 Å². The Kier molecular flexibility index (Phi) is 5.08. The molecule has 0 saturated heterocycles. The summed E-state index contributed by atoms with van der Waals surface area (Å²) in [5.41, 5.74) is 0.567. The molecule has 0 unspecified atom stereocenters. The van der Waals surface area contributed by atoms with E-state index in [1.165, 1.54) is 0 Å². The van der Waals surface area contributed by atoms with E-state index in [1.54, 1.807) is 18.2 Å². The molecule has 0 aromatic heterocycles. The van der Waals surface area contributed by atoms with Crippen molar-refractivity contribution in [1.82, 2.24) is 0 Å². The standard InChI is InChI=1S/C10H12BrClO3S/c1-2-5-15-10-4-3-9(11)6-8(10)7-16(12,13)14/h3-4,6H,2,5,7H2,1H3. The SMILES string of the molecule is CCCOc1ccc(Br)cc1CS(=O)(=O)Cl. The first-order chi connectivity index (χ1) is 7.42. The molecule has 0 amide bonds. The van der Waals surface area contributed by atoms with Crippen LogP contribution in [-0.4, -0.2) is 15.0 Å². The summed E-state index contributed by atoms with van der Waals surface area (Å²) in [5.74, 6) is 0.335. The highest BCUT2D eigenvalue weighted by Crippen LogP contribution is 2.26. The van der Waals surface area contributed by atoms with Crippen molar-refractivity contribution in [3.8, 4) is 5.75 Å². The first-order valence-corrected chi connectivity index (χ1v) is 8.03. The van der Waals surface area contributed by atoms with Crippen LogP contribution in [0.4, 0.5) is 0 Å². The highest BCUT2D eigenvalue weighted by atomic mass is 79.9. The van der Waals surface area contributed by atoms with Crippen molar-refractivity contribution < 1.29 is 13.2 Å². The molecule has 0 aliphatic rings. The van der Waals surface area contributed by atoms with Gasteiger partial charge >= 0.3 is 0 Å². The second kappa shape index (κ2) is 5.89. The molecule has 0 aliphatic carbocycles. The normalized spacial score (nSPS) is 11.4. The highest BCUT2D eigenvalue weighted by molar-refractivity contribution is 9.10. The number of hydrogen-bond donors (Lipinski definition) is 0. The van der Waals surface area contributed by atoms with Gasteiger partial charge in [-0.25, -0.2) is 8.42 Å². The van der Waals surface area contributed by atoms with Gasteiger partial charge in [0, 0.05) is 20.7 Å². The Morgan fingerprint density at radius 3 is 2.69 bits per heavy atom. The van der Waals surface area contributed by atoms with Crippen LogP contribution in [0.1, 0.15) is 18.9 Å². The van der Waals surface area contributed by atoms with Crippen molar-refractivity contribution >= 4 is 35.7 Å². The lowest BCUT2D eigenvalue weighted by atomic mass is 10.2. The monoisotopic (exact) mass is 326 g/mol. The van der Waals surface area contributed by atoms with E-state index in [4.69, 9.17) is 15.4 Å². The molecule has 6 heteroatoms. The first-order valence-electron chi connectivity index (χ1n) is 4.76. The summed E-state index contributed by atoms with van der Waals surface area (Å²) in [7, 11) is 1.66. The minimum Gasteiger partial charge on any atom is -0.493 e. The molecule has 0 atom stereocenters. The molecule has 0 radical (unpaired) electrons. The minimum absolute atomic E-state index is 0.229. The molecule has 0 bridgehead atoms. The quantitative estimate of drug-likeness (QED) is 0.779. The zero-order valence-corrected chi connectivity index (χ0v) is 11.9. The number of rotatable bonds is 5. The van der Waals surface area contributed by atoms with Crippen molar-refractivity contribution in [2.75, 3.05) is 6.61 Å². The van der Waals surface area contributed by atoms with Crippen LogP contribution in [0.2, 0.25) is 0 Å². The van der Waals surface area contributed by atoms with E-state index in [2.05, 4.69) is 15.9 Å². The highest BCUT2D eigenvalue weighted by Gasteiger charge is 2.12. The van der Waals surface area contributed by atoms with E-state index in [9.17, 15) is 8.42 Å². The molecule has 0 saturated carbocycles. The minimum atomic E-state index is -3.57. The van der Waals surface area contributed by atoms with Crippen molar-refractivity contribution in [3.63, 3.8) is 0 Å². The van der Waals surface area contributed by atoms with E-state index >= 15 is 0 Å². The van der Waals surface area contributed by atoms with Crippen LogP contribution in [0.5, 0.6) is 5.75 Å². The van der Waals surface area contributed by atoms with Gasteiger partial charge in [-0.3, -0.25) is 0 Å². The molecule has 0 spiro atoms. The fourth-order valence-corrected chi connectivity index (χ4v) is 2.56. The summed E-state index contributed by atoms with van der Waals surface area (Å²) in [5, 5.41) is 0. The topological polar surface area (TPSA) is 43.4 Å². The average Bonchev–Trinajstić information content (AvgIpc) is 2.14. The Hall–Kier alpha value is -0.260. The van der Waals surface area contributed by atoms with Gasteiger partial charge in [0.25, 0.3) is 0 Å². The summed E-state index contributed by atoms with van der Waals surface area (Å²) in [4.78, 5) is 0. The molecular weight excluding hydrogens is 316 g/mol. The molecule has 16 heavy (non-hydrogen) atoms. The number of halogens is 2. The van der Waals surface area contributed by atoms with Crippen molar-refractivity contribution in [1.29, 1.82) is 0 Å². The van der Waals surface area contributed by atoms with Gasteiger partial charge in [0.2, 0.25) is 9.05 Å². The fraction of sp³-hybridized carbons (Fsp3) is 0.400. The average molecular weight is 328 g/mol. The zero-order chi connectivity index (χ0) is 12.2. The maximum absolute atomic E-state index is 11.0. The molecule has 90 valence electrons. The fourth-order valence-electron chi connectivity index (χ4n) is 1.20. The first kappa shape index (κ1) is 13.8. The molecule has 0 aliphatic heterocycles. The van der Waals surface area contributed by atoms with E-state index in [-0.39, 0.29) is 5.75 Å². The molecule has 1 rings (SSSR count). The van der Waals surface area contributed by atoms with E-state index < -0.39 is 9.05 Å². The maximum atomic E-state index is 11.0. The summed E-state index contributed by atoms with van der Waals surface area (Å²) in [6, 6.07) is 5.23. The molecule has 3 nitrogen and oxygen atoms in total. The molecule has 0 N–H and O–H groups in total. The Labute approximate surface area is 108 Å². The second-order valence-corrected chi connectivity index (χ2v) is 6.98. The van der Waals surface area contributed by atoms with Crippen molar-refractivity contribution in [2.45, 2.75) is 19.1 Å². The van der Waals surface area contributed by atoms with E-state index in [0.717, 1.165) is 10.9 Å². The van der Waals surface area contributed by atoms with E-state index in [1.807, 2.05) is 6.92 Å².